The highest BCUT2D eigenvalue weighted by Gasteiger charge is 2.56. The molecule has 25 heavy (non-hydrogen) atoms. The number of methoxy groups -OCH3 is 1. The van der Waals surface area contributed by atoms with Crippen LogP contribution in [0, 0.1) is 40.9 Å². The van der Waals surface area contributed by atoms with Crippen LogP contribution in [0.1, 0.15) is 68.2 Å². The van der Waals surface area contributed by atoms with Gasteiger partial charge in [-0.3, -0.25) is 0 Å². The lowest BCUT2D eigenvalue weighted by Crippen LogP contribution is -2.53. The molecule has 1 nitrogen and oxygen atoms in total. The number of hydrogen-bond donors (Lipinski definition) is 0. The maximum atomic E-state index is 6.30. The largest absolute Gasteiger partial charge is 0.381 e. The maximum Gasteiger partial charge on any atom is 0.0609 e. The zero-order chi connectivity index (χ0) is 19.3. The van der Waals surface area contributed by atoms with Crippen LogP contribution in [0.25, 0.3) is 0 Å². The second kappa shape index (κ2) is 7.30. The molecule has 0 spiro atoms. The maximum absolute atomic E-state index is 6.30. The second-order valence-corrected chi connectivity index (χ2v) is 16.7. The van der Waals surface area contributed by atoms with Gasteiger partial charge in [-0.1, -0.05) is 68.5 Å². The third-order valence-corrected chi connectivity index (χ3v) is 14.2. The SMILES string of the molecule is COC1C(C(C)(C)C)CC(C)CC1[Si](C)(C)C1C(C)C(C)[C@@H](C)[C@H]1C. The van der Waals surface area contributed by atoms with Gasteiger partial charge in [-0.15, -0.1) is 0 Å². The first kappa shape index (κ1) is 21.5. The molecule has 0 heterocycles. The Labute approximate surface area is 159 Å². The van der Waals surface area contributed by atoms with Crippen molar-refractivity contribution in [1.29, 1.82) is 0 Å². The summed E-state index contributed by atoms with van der Waals surface area (Å²) >= 11 is 0. The minimum atomic E-state index is -1.45. The summed E-state index contributed by atoms with van der Waals surface area (Å²) in [4.78, 5) is 0. The monoisotopic (exact) mass is 366 g/mol. The van der Waals surface area contributed by atoms with Gasteiger partial charge in [0.05, 0.1) is 14.2 Å². The Bertz CT molecular complexity index is 437. The van der Waals surface area contributed by atoms with Crippen molar-refractivity contribution in [2.75, 3.05) is 7.11 Å². The van der Waals surface area contributed by atoms with E-state index in [1.807, 2.05) is 7.11 Å². The molecule has 2 aliphatic rings. The van der Waals surface area contributed by atoms with Gasteiger partial charge in [0.25, 0.3) is 0 Å². The van der Waals surface area contributed by atoms with Crippen LogP contribution in [0.2, 0.25) is 24.2 Å². The van der Waals surface area contributed by atoms with Crippen molar-refractivity contribution >= 4 is 8.07 Å². The molecule has 0 saturated heterocycles. The molecule has 2 rings (SSSR count). The fourth-order valence-corrected chi connectivity index (χ4v) is 13.1. The molecule has 0 radical (unpaired) electrons. The summed E-state index contributed by atoms with van der Waals surface area (Å²) < 4.78 is 6.30. The molecule has 2 aliphatic carbocycles. The molecule has 0 amide bonds. The summed E-state index contributed by atoms with van der Waals surface area (Å²) in [6.45, 7) is 25.3. The zero-order valence-corrected chi connectivity index (χ0v) is 20.0. The quantitative estimate of drug-likeness (QED) is 0.484. The Kier molecular flexibility index (Phi) is 6.27. The van der Waals surface area contributed by atoms with Crippen molar-refractivity contribution in [3.8, 4) is 0 Å². The average Bonchev–Trinajstić information content (AvgIpc) is 2.69. The van der Waals surface area contributed by atoms with Gasteiger partial charge in [0.2, 0.25) is 0 Å². The Morgan fingerprint density at radius 1 is 0.800 bits per heavy atom. The molecule has 2 fully saturated rings. The summed E-state index contributed by atoms with van der Waals surface area (Å²) in [7, 11) is 0.539. The van der Waals surface area contributed by atoms with Crippen molar-refractivity contribution in [3.05, 3.63) is 0 Å². The van der Waals surface area contributed by atoms with E-state index in [9.17, 15) is 0 Å². The van der Waals surface area contributed by atoms with Gasteiger partial charge in [0.15, 0.2) is 0 Å². The normalized spacial score (nSPS) is 46.4. The van der Waals surface area contributed by atoms with Gasteiger partial charge < -0.3 is 4.74 Å². The summed E-state index contributed by atoms with van der Waals surface area (Å²) in [6, 6.07) is 0. The van der Waals surface area contributed by atoms with Gasteiger partial charge in [0, 0.05) is 7.11 Å². The molecule has 2 saturated carbocycles. The standard InChI is InChI=1S/C23H46OSi/c1-14-12-19(23(6,7)8)21(24-9)20(13-14)25(10,11)22-17(4)15(2)16(3)18(22)5/h14-22H,12-13H2,1-11H3/t14?,15-,16?,17-,18?,19?,20?,21?,22?/m1/s1. The fourth-order valence-electron chi connectivity index (χ4n) is 7.11. The van der Waals surface area contributed by atoms with Crippen LogP contribution in [-0.4, -0.2) is 21.3 Å². The highest BCUT2D eigenvalue weighted by atomic mass is 28.3. The Morgan fingerprint density at radius 2 is 1.28 bits per heavy atom. The van der Waals surface area contributed by atoms with Crippen LogP contribution < -0.4 is 0 Å². The van der Waals surface area contributed by atoms with Crippen molar-refractivity contribution in [1.82, 2.24) is 0 Å². The van der Waals surface area contributed by atoms with Gasteiger partial charge in [0.1, 0.15) is 0 Å². The molecule has 2 heteroatoms. The third-order valence-electron chi connectivity index (χ3n) is 8.93. The molecular formula is C23H46OSi. The van der Waals surface area contributed by atoms with E-state index < -0.39 is 8.07 Å². The van der Waals surface area contributed by atoms with E-state index in [-0.39, 0.29) is 0 Å². The van der Waals surface area contributed by atoms with Crippen molar-refractivity contribution in [2.24, 2.45) is 40.9 Å². The van der Waals surface area contributed by atoms with Crippen molar-refractivity contribution < 1.29 is 4.74 Å². The Balaban J connectivity index is 2.39. The van der Waals surface area contributed by atoms with Crippen LogP contribution in [0.3, 0.4) is 0 Å². The molecule has 148 valence electrons. The van der Waals surface area contributed by atoms with Crippen LogP contribution >= 0.6 is 0 Å². The van der Waals surface area contributed by atoms with Crippen LogP contribution in [0.15, 0.2) is 0 Å². The molecule has 9 atom stereocenters. The highest BCUT2D eigenvalue weighted by molar-refractivity contribution is 6.80. The first-order valence-corrected chi connectivity index (χ1v) is 14.0. The Hall–Kier alpha value is 0.177. The van der Waals surface area contributed by atoms with Crippen LogP contribution in [-0.2, 0) is 4.74 Å². The number of ether oxygens (including phenoxy) is 1. The molecule has 0 N–H and O–H groups in total. The number of rotatable bonds is 3. The van der Waals surface area contributed by atoms with E-state index in [0.29, 0.717) is 17.4 Å². The zero-order valence-electron chi connectivity index (χ0n) is 19.0. The molecule has 0 aromatic rings. The van der Waals surface area contributed by atoms with E-state index in [2.05, 4.69) is 68.5 Å². The fraction of sp³-hybridized carbons (Fsp3) is 1.00. The van der Waals surface area contributed by atoms with Crippen molar-refractivity contribution in [2.45, 2.75) is 98.5 Å². The molecule has 0 aromatic heterocycles. The van der Waals surface area contributed by atoms with E-state index in [0.717, 1.165) is 40.7 Å². The first-order chi connectivity index (χ1) is 11.3. The predicted molar refractivity (Wildman–Crippen MR) is 114 cm³/mol. The van der Waals surface area contributed by atoms with Gasteiger partial charge in [-0.05, 0) is 64.8 Å². The van der Waals surface area contributed by atoms with Gasteiger partial charge >= 0.3 is 0 Å². The van der Waals surface area contributed by atoms with Crippen molar-refractivity contribution in [3.63, 3.8) is 0 Å². The van der Waals surface area contributed by atoms with Crippen LogP contribution in [0.5, 0.6) is 0 Å². The lowest BCUT2D eigenvalue weighted by molar-refractivity contribution is -0.0363. The van der Waals surface area contributed by atoms with E-state index in [1.165, 1.54) is 12.8 Å². The summed E-state index contributed by atoms with van der Waals surface area (Å²) in [5.41, 5.74) is 2.08. The lowest BCUT2D eigenvalue weighted by atomic mass is 9.67. The van der Waals surface area contributed by atoms with E-state index >= 15 is 0 Å². The lowest BCUT2D eigenvalue weighted by Gasteiger charge is -2.53. The van der Waals surface area contributed by atoms with Gasteiger partial charge in [-0.25, -0.2) is 0 Å². The highest BCUT2D eigenvalue weighted by Crippen LogP contribution is 2.60. The molecular weight excluding hydrogens is 320 g/mol. The van der Waals surface area contributed by atoms with E-state index in [1.54, 1.807) is 0 Å². The molecule has 0 bridgehead atoms. The molecule has 0 aliphatic heterocycles. The summed E-state index contributed by atoms with van der Waals surface area (Å²) in [6.07, 6.45) is 3.19. The summed E-state index contributed by atoms with van der Waals surface area (Å²) in [5, 5.41) is 0. The second-order valence-electron chi connectivity index (χ2n) is 11.6. The minimum Gasteiger partial charge on any atom is -0.381 e. The predicted octanol–water partition coefficient (Wildman–Crippen LogP) is 7.10. The molecule has 0 aromatic carbocycles. The minimum absolute atomic E-state index is 0.339. The first-order valence-electron chi connectivity index (χ1n) is 10.9. The topological polar surface area (TPSA) is 9.23 Å². The van der Waals surface area contributed by atoms with Gasteiger partial charge in [-0.2, -0.15) is 0 Å². The third kappa shape index (κ3) is 3.77. The Morgan fingerprint density at radius 3 is 1.68 bits per heavy atom. The average molecular weight is 367 g/mol. The summed E-state index contributed by atoms with van der Waals surface area (Å²) in [5.74, 6) is 5.01. The van der Waals surface area contributed by atoms with E-state index in [4.69, 9.17) is 4.74 Å². The number of hydrogen-bond acceptors (Lipinski definition) is 1. The molecule has 7 unspecified atom stereocenters. The smallest absolute Gasteiger partial charge is 0.0609 e. The van der Waals surface area contributed by atoms with Crippen LogP contribution in [0.4, 0.5) is 0 Å².